The SMILES string of the molecule is COc1cc(C)c(CN2CCC[C@H](c3ccnc(SCCN4CCCC4)n3)C2)cc1C. The third-order valence-corrected chi connectivity index (χ3v) is 7.51. The summed E-state index contributed by atoms with van der Waals surface area (Å²) in [5.74, 6) is 2.55. The number of hydrogen-bond donors (Lipinski definition) is 0. The molecule has 1 atom stereocenters. The summed E-state index contributed by atoms with van der Waals surface area (Å²) in [6.07, 6.45) is 7.09. The maximum absolute atomic E-state index is 5.48. The molecule has 2 fully saturated rings. The van der Waals surface area contributed by atoms with Crippen LogP contribution in [0, 0.1) is 13.8 Å². The van der Waals surface area contributed by atoms with Gasteiger partial charge in [0, 0.05) is 43.2 Å². The van der Waals surface area contributed by atoms with Crippen LogP contribution in [-0.4, -0.2) is 65.4 Å². The van der Waals surface area contributed by atoms with Crippen molar-refractivity contribution in [3.05, 3.63) is 46.8 Å². The molecule has 2 aliphatic heterocycles. The van der Waals surface area contributed by atoms with Gasteiger partial charge >= 0.3 is 0 Å². The van der Waals surface area contributed by atoms with Crippen LogP contribution in [-0.2, 0) is 6.54 Å². The van der Waals surface area contributed by atoms with Crippen molar-refractivity contribution in [3.63, 3.8) is 0 Å². The predicted molar refractivity (Wildman–Crippen MR) is 128 cm³/mol. The number of methoxy groups -OCH3 is 1. The zero-order valence-corrected chi connectivity index (χ0v) is 20.1. The monoisotopic (exact) mass is 440 g/mol. The molecule has 168 valence electrons. The average Bonchev–Trinajstić information content (AvgIpc) is 3.30. The minimum absolute atomic E-state index is 0.495. The first-order valence-electron chi connectivity index (χ1n) is 11.7. The van der Waals surface area contributed by atoms with Crippen molar-refractivity contribution in [2.75, 3.05) is 45.6 Å². The van der Waals surface area contributed by atoms with E-state index in [9.17, 15) is 0 Å². The largest absolute Gasteiger partial charge is 0.496 e. The van der Waals surface area contributed by atoms with Crippen molar-refractivity contribution in [2.24, 2.45) is 0 Å². The highest BCUT2D eigenvalue weighted by Crippen LogP contribution is 2.29. The van der Waals surface area contributed by atoms with Gasteiger partial charge in [0.1, 0.15) is 5.75 Å². The van der Waals surface area contributed by atoms with Crippen LogP contribution in [0.5, 0.6) is 5.75 Å². The first kappa shape index (κ1) is 22.6. The molecular weight excluding hydrogens is 404 g/mol. The fourth-order valence-electron chi connectivity index (χ4n) is 4.84. The minimum Gasteiger partial charge on any atom is -0.496 e. The van der Waals surface area contributed by atoms with Crippen LogP contribution >= 0.6 is 11.8 Å². The molecule has 5 nitrogen and oxygen atoms in total. The number of aryl methyl sites for hydroxylation is 2. The third-order valence-electron chi connectivity index (χ3n) is 6.66. The van der Waals surface area contributed by atoms with Crippen LogP contribution in [0.25, 0.3) is 0 Å². The van der Waals surface area contributed by atoms with Crippen LogP contribution in [0.1, 0.15) is 54.0 Å². The summed E-state index contributed by atoms with van der Waals surface area (Å²) in [4.78, 5) is 14.6. The first-order chi connectivity index (χ1) is 15.1. The molecule has 2 aromatic rings. The Hall–Kier alpha value is -1.63. The maximum atomic E-state index is 5.48. The van der Waals surface area contributed by atoms with Crippen LogP contribution in [0.2, 0.25) is 0 Å². The first-order valence-corrected chi connectivity index (χ1v) is 12.7. The van der Waals surface area contributed by atoms with E-state index in [1.54, 1.807) is 18.9 Å². The zero-order valence-electron chi connectivity index (χ0n) is 19.3. The summed E-state index contributed by atoms with van der Waals surface area (Å²) in [7, 11) is 1.75. The normalized spacial score (nSPS) is 20.3. The number of ether oxygens (including phenoxy) is 1. The Kier molecular flexibility index (Phi) is 7.86. The second-order valence-electron chi connectivity index (χ2n) is 8.98. The standard InChI is InChI=1S/C25H36N4OS/c1-19-16-24(30-3)20(2)15-22(19)18-29-12-6-7-21(17-29)23-8-9-26-25(27-23)31-14-13-28-10-4-5-11-28/h8-9,15-16,21H,4-7,10-14,17-18H2,1-3H3/t21-/m0/s1. The second-order valence-corrected chi connectivity index (χ2v) is 10.0. The van der Waals surface area contributed by atoms with Crippen molar-refractivity contribution in [3.8, 4) is 5.75 Å². The Balaban J connectivity index is 1.35. The highest BCUT2D eigenvalue weighted by atomic mass is 32.2. The van der Waals surface area contributed by atoms with Gasteiger partial charge in [0.05, 0.1) is 7.11 Å². The number of rotatable bonds is 8. The number of hydrogen-bond acceptors (Lipinski definition) is 6. The molecule has 6 heteroatoms. The molecule has 3 heterocycles. The zero-order chi connectivity index (χ0) is 21.6. The van der Waals surface area contributed by atoms with E-state index in [0.29, 0.717) is 5.92 Å². The fourth-order valence-corrected chi connectivity index (χ4v) is 5.68. The van der Waals surface area contributed by atoms with Gasteiger partial charge in [-0.05, 0) is 88.0 Å². The highest BCUT2D eigenvalue weighted by Gasteiger charge is 2.23. The van der Waals surface area contributed by atoms with Crippen LogP contribution in [0.4, 0.5) is 0 Å². The quantitative estimate of drug-likeness (QED) is 0.439. The summed E-state index contributed by atoms with van der Waals surface area (Å²) in [5, 5.41) is 0.940. The van der Waals surface area contributed by atoms with E-state index in [0.717, 1.165) is 42.8 Å². The lowest BCUT2D eigenvalue weighted by Crippen LogP contribution is -2.34. The Morgan fingerprint density at radius 3 is 2.68 bits per heavy atom. The fraction of sp³-hybridized carbons (Fsp3) is 0.600. The van der Waals surface area contributed by atoms with Gasteiger partial charge in [-0.3, -0.25) is 4.90 Å². The molecule has 0 bridgehead atoms. The molecule has 1 aromatic heterocycles. The van der Waals surface area contributed by atoms with E-state index in [1.807, 2.05) is 6.20 Å². The number of nitrogens with zero attached hydrogens (tertiary/aromatic N) is 4. The molecule has 0 spiro atoms. The summed E-state index contributed by atoms with van der Waals surface area (Å²) >= 11 is 1.81. The Morgan fingerprint density at radius 2 is 1.87 bits per heavy atom. The van der Waals surface area contributed by atoms with E-state index < -0.39 is 0 Å². The van der Waals surface area contributed by atoms with Gasteiger partial charge in [0.15, 0.2) is 5.16 Å². The van der Waals surface area contributed by atoms with Crippen LogP contribution in [0.15, 0.2) is 29.6 Å². The van der Waals surface area contributed by atoms with Gasteiger partial charge in [-0.1, -0.05) is 17.8 Å². The lowest BCUT2D eigenvalue weighted by Gasteiger charge is -2.33. The molecule has 0 amide bonds. The van der Waals surface area contributed by atoms with Crippen molar-refractivity contribution < 1.29 is 4.74 Å². The summed E-state index contributed by atoms with van der Waals surface area (Å²) in [5.41, 5.74) is 5.14. The number of likely N-dealkylation sites (tertiary alicyclic amines) is 2. The van der Waals surface area contributed by atoms with E-state index in [4.69, 9.17) is 9.72 Å². The van der Waals surface area contributed by atoms with Gasteiger partial charge in [-0.15, -0.1) is 0 Å². The minimum atomic E-state index is 0.495. The molecule has 0 unspecified atom stereocenters. The van der Waals surface area contributed by atoms with E-state index in [-0.39, 0.29) is 0 Å². The number of piperidine rings is 1. The number of thioether (sulfide) groups is 1. The highest BCUT2D eigenvalue weighted by molar-refractivity contribution is 7.99. The Morgan fingerprint density at radius 1 is 1.06 bits per heavy atom. The van der Waals surface area contributed by atoms with E-state index in [2.05, 4.69) is 46.8 Å². The molecule has 4 rings (SSSR count). The predicted octanol–water partition coefficient (Wildman–Crippen LogP) is 4.67. The summed E-state index contributed by atoms with van der Waals surface area (Å²) < 4.78 is 5.48. The van der Waals surface area contributed by atoms with Crippen molar-refractivity contribution in [2.45, 2.75) is 57.1 Å². The van der Waals surface area contributed by atoms with Crippen molar-refractivity contribution in [1.29, 1.82) is 0 Å². The van der Waals surface area contributed by atoms with Gasteiger partial charge in [-0.2, -0.15) is 0 Å². The smallest absolute Gasteiger partial charge is 0.187 e. The van der Waals surface area contributed by atoms with Gasteiger partial charge in [0.2, 0.25) is 0 Å². The average molecular weight is 441 g/mol. The molecular formula is C25H36N4OS. The van der Waals surface area contributed by atoms with Gasteiger partial charge < -0.3 is 9.64 Å². The maximum Gasteiger partial charge on any atom is 0.187 e. The van der Waals surface area contributed by atoms with Crippen molar-refractivity contribution >= 4 is 11.8 Å². The molecule has 1 aromatic carbocycles. The molecule has 2 saturated heterocycles. The van der Waals surface area contributed by atoms with E-state index in [1.165, 1.54) is 61.2 Å². The molecule has 0 aliphatic carbocycles. The molecule has 0 saturated carbocycles. The van der Waals surface area contributed by atoms with Crippen molar-refractivity contribution in [1.82, 2.24) is 19.8 Å². The number of benzene rings is 1. The third kappa shape index (κ3) is 5.99. The molecule has 0 N–H and O–H groups in total. The second kappa shape index (κ2) is 10.8. The van der Waals surface area contributed by atoms with Gasteiger partial charge in [-0.25, -0.2) is 9.97 Å². The molecule has 0 radical (unpaired) electrons. The molecule has 31 heavy (non-hydrogen) atoms. The number of aromatic nitrogens is 2. The van der Waals surface area contributed by atoms with Gasteiger partial charge in [0.25, 0.3) is 0 Å². The van der Waals surface area contributed by atoms with Crippen LogP contribution in [0.3, 0.4) is 0 Å². The lowest BCUT2D eigenvalue weighted by atomic mass is 9.93. The summed E-state index contributed by atoms with van der Waals surface area (Å²) in [6, 6.07) is 6.58. The Bertz CT molecular complexity index is 869. The summed E-state index contributed by atoms with van der Waals surface area (Å²) in [6.45, 7) is 11.2. The van der Waals surface area contributed by atoms with Crippen LogP contribution < -0.4 is 4.74 Å². The topological polar surface area (TPSA) is 41.5 Å². The van der Waals surface area contributed by atoms with E-state index >= 15 is 0 Å². The Labute approximate surface area is 191 Å². The lowest BCUT2D eigenvalue weighted by molar-refractivity contribution is 0.197. The molecule has 2 aliphatic rings.